The highest BCUT2D eigenvalue weighted by atomic mass is 16.5. The molecule has 19 heavy (non-hydrogen) atoms. The van der Waals surface area contributed by atoms with Crippen molar-refractivity contribution in [3.63, 3.8) is 0 Å². The third-order valence-corrected chi connectivity index (χ3v) is 4.99. The Hall–Kier alpha value is -0.570. The minimum Gasteiger partial charge on any atom is -0.469 e. The van der Waals surface area contributed by atoms with Crippen molar-refractivity contribution < 1.29 is 9.53 Å². The molecule has 0 unspecified atom stereocenters. The van der Waals surface area contributed by atoms with E-state index in [0.717, 1.165) is 12.6 Å². The monoisotopic (exact) mass is 267 g/mol. The van der Waals surface area contributed by atoms with E-state index in [2.05, 4.69) is 11.9 Å². The number of rotatable bonds is 5. The van der Waals surface area contributed by atoms with Gasteiger partial charge >= 0.3 is 5.97 Å². The lowest BCUT2D eigenvalue weighted by molar-refractivity contribution is -0.142. The molecule has 2 saturated carbocycles. The van der Waals surface area contributed by atoms with Gasteiger partial charge in [0.25, 0.3) is 0 Å². The van der Waals surface area contributed by atoms with Crippen molar-refractivity contribution in [1.82, 2.24) is 4.90 Å². The molecule has 0 saturated heterocycles. The number of esters is 1. The van der Waals surface area contributed by atoms with Crippen LogP contribution in [-0.2, 0) is 9.53 Å². The van der Waals surface area contributed by atoms with Gasteiger partial charge in [-0.25, -0.2) is 0 Å². The maximum atomic E-state index is 11.5. The Labute approximate surface area is 117 Å². The number of methoxy groups -OCH3 is 1. The van der Waals surface area contributed by atoms with Crippen molar-refractivity contribution in [2.45, 2.75) is 70.3 Å². The van der Waals surface area contributed by atoms with Gasteiger partial charge in [-0.05, 0) is 38.1 Å². The summed E-state index contributed by atoms with van der Waals surface area (Å²) in [5.74, 6) is -0.0384. The largest absolute Gasteiger partial charge is 0.469 e. The Morgan fingerprint density at radius 3 is 2.26 bits per heavy atom. The van der Waals surface area contributed by atoms with Gasteiger partial charge in [0.15, 0.2) is 0 Å². The number of hydrogen-bond donors (Lipinski definition) is 0. The van der Waals surface area contributed by atoms with Crippen LogP contribution >= 0.6 is 0 Å². The smallest absolute Gasteiger partial charge is 0.306 e. The number of carbonyl (C=O) groups is 1. The molecule has 2 rings (SSSR count). The fourth-order valence-electron chi connectivity index (χ4n) is 3.48. The third kappa shape index (κ3) is 4.48. The Bertz CT molecular complexity index is 291. The molecule has 2 aliphatic rings. The van der Waals surface area contributed by atoms with E-state index in [-0.39, 0.29) is 11.4 Å². The highest BCUT2D eigenvalue weighted by Gasteiger charge is 2.45. The topological polar surface area (TPSA) is 29.5 Å². The summed E-state index contributed by atoms with van der Waals surface area (Å²) in [7, 11) is 3.75. The van der Waals surface area contributed by atoms with Crippen molar-refractivity contribution >= 4 is 5.97 Å². The molecular weight excluding hydrogens is 238 g/mol. The lowest BCUT2D eigenvalue weighted by Crippen LogP contribution is -2.37. The van der Waals surface area contributed by atoms with Crippen molar-refractivity contribution in [1.29, 1.82) is 0 Å². The number of nitrogens with zero attached hydrogens (tertiary/aromatic N) is 1. The van der Waals surface area contributed by atoms with Gasteiger partial charge in [-0.1, -0.05) is 32.1 Å². The van der Waals surface area contributed by atoms with E-state index >= 15 is 0 Å². The highest BCUT2D eigenvalue weighted by molar-refractivity contribution is 5.70. The maximum absolute atomic E-state index is 11.5. The average molecular weight is 267 g/mol. The van der Waals surface area contributed by atoms with Crippen LogP contribution in [-0.4, -0.2) is 37.6 Å². The predicted octanol–water partition coefficient (Wildman–Crippen LogP) is 3.37. The molecule has 0 aromatic rings. The Balaban J connectivity index is 1.81. The molecule has 0 aromatic heterocycles. The molecule has 0 radical (unpaired) electrons. The zero-order valence-corrected chi connectivity index (χ0v) is 12.6. The van der Waals surface area contributed by atoms with Gasteiger partial charge in [0.2, 0.25) is 0 Å². The summed E-state index contributed by atoms with van der Waals surface area (Å²) in [6.45, 7) is 1.08. The molecule has 0 atom stereocenters. The predicted molar refractivity (Wildman–Crippen MR) is 77.0 cm³/mol. The van der Waals surface area contributed by atoms with Gasteiger partial charge in [0.05, 0.1) is 13.5 Å². The summed E-state index contributed by atoms with van der Waals surface area (Å²) in [5.41, 5.74) is 0.240. The minimum atomic E-state index is -0.0384. The van der Waals surface area contributed by atoms with Crippen LogP contribution in [0.2, 0.25) is 0 Å². The van der Waals surface area contributed by atoms with Crippen molar-refractivity contribution in [3.05, 3.63) is 0 Å². The highest BCUT2D eigenvalue weighted by Crippen LogP contribution is 2.49. The number of hydrogen-bond acceptors (Lipinski definition) is 3. The molecule has 3 heteroatoms. The zero-order chi connectivity index (χ0) is 13.7. The molecule has 0 aliphatic heterocycles. The second-order valence-corrected chi connectivity index (χ2v) is 6.67. The van der Waals surface area contributed by atoms with E-state index in [0.29, 0.717) is 6.42 Å². The van der Waals surface area contributed by atoms with Crippen LogP contribution in [0, 0.1) is 5.41 Å². The molecule has 0 spiro atoms. The van der Waals surface area contributed by atoms with Crippen LogP contribution < -0.4 is 0 Å². The molecule has 2 fully saturated rings. The van der Waals surface area contributed by atoms with Crippen molar-refractivity contribution in [3.8, 4) is 0 Å². The molecule has 0 aromatic carbocycles. The van der Waals surface area contributed by atoms with E-state index in [1.54, 1.807) is 0 Å². The van der Waals surface area contributed by atoms with E-state index in [1.165, 1.54) is 64.9 Å². The Morgan fingerprint density at radius 1 is 1.16 bits per heavy atom. The van der Waals surface area contributed by atoms with Crippen LogP contribution in [0.3, 0.4) is 0 Å². The van der Waals surface area contributed by atoms with Crippen LogP contribution in [0.25, 0.3) is 0 Å². The molecule has 3 nitrogen and oxygen atoms in total. The lowest BCUT2D eigenvalue weighted by atomic mass is 9.94. The van der Waals surface area contributed by atoms with Gasteiger partial charge in [-0.3, -0.25) is 4.79 Å². The molecule has 0 N–H and O–H groups in total. The summed E-state index contributed by atoms with van der Waals surface area (Å²) in [5, 5.41) is 0. The standard InChI is InChI=1S/C16H29NO2/c1-17(14-8-6-4-3-5-7-9-14)13-16(10-11-16)12-15(18)19-2/h14H,3-13H2,1-2H3. The SMILES string of the molecule is COC(=O)CC1(CN(C)C2CCCCCCC2)CC1. The second-order valence-electron chi connectivity index (χ2n) is 6.67. The Morgan fingerprint density at radius 2 is 1.74 bits per heavy atom. The van der Waals surface area contributed by atoms with Gasteiger partial charge < -0.3 is 9.64 Å². The summed E-state index contributed by atoms with van der Waals surface area (Å²) in [4.78, 5) is 14.0. The molecule has 2 aliphatic carbocycles. The fraction of sp³-hybridized carbons (Fsp3) is 0.938. The lowest BCUT2D eigenvalue weighted by Gasteiger charge is -2.32. The summed E-state index contributed by atoms with van der Waals surface area (Å²) in [6, 6.07) is 0.732. The van der Waals surface area contributed by atoms with Crippen LogP contribution in [0.15, 0.2) is 0 Å². The number of ether oxygens (including phenoxy) is 1. The van der Waals surface area contributed by atoms with Crippen molar-refractivity contribution in [2.24, 2.45) is 5.41 Å². The van der Waals surface area contributed by atoms with Gasteiger partial charge in [0.1, 0.15) is 0 Å². The number of carbonyl (C=O) groups excluding carboxylic acids is 1. The third-order valence-electron chi connectivity index (χ3n) is 4.99. The first-order valence-corrected chi connectivity index (χ1v) is 7.92. The summed E-state index contributed by atoms with van der Waals surface area (Å²) >= 11 is 0. The van der Waals surface area contributed by atoms with E-state index in [4.69, 9.17) is 4.74 Å². The summed E-state index contributed by atoms with van der Waals surface area (Å²) < 4.78 is 4.83. The second kappa shape index (κ2) is 6.74. The first-order chi connectivity index (χ1) is 9.15. The molecular formula is C16H29NO2. The molecule has 110 valence electrons. The first kappa shape index (κ1) is 14.8. The van der Waals surface area contributed by atoms with Crippen LogP contribution in [0.4, 0.5) is 0 Å². The van der Waals surface area contributed by atoms with E-state index in [1.807, 2.05) is 0 Å². The molecule has 0 amide bonds. The van der Waals surface area contributed by atoms with Crippen LogP contribution in [0.5, 0.6) is 0 Å². The van der Waals surface area contributed by atoms with E-state index < -0.39 is 0 Å². The minimum absolute atomic E-state index is 0.0384. The van der Waals surface area contributed by atoms with Gasteiger partial charge in [0, 0.05) is 12.6 Å². The zero-order valence-electron chi connectivity index (χ0n) is 12.6. The van der Waals surface area contributed by atoms with Gasteiger partial charge in [-0.15, -0.1) is 0 Å². The normalized spacial score (nSPS) is 23.7. The quantitative estimate of drug-likeness (QED) is 0.715. The maximum Gasteiger partial charge on any atom is 0.306 e. The van der Waals surface area contributed by atoms with Crippen molar-refractivity contribution in [2.75, 3.05) is 20.7 Å². The first-order valence-electron chi connectivity index (χ1n) is 7.92. The van der Waals surface area contributed by atoms with Crippen LogP contribution in [0.1, 0.15) is 64.2 Å². The fourth-order valence-corrected chi connectivity index (χ4v) is 3.48. The Kier molecular flexibility index (Phi) is 5.26. The molecule has 0 heterocycles. The van der Waals surface area contributed by atoms with Gasteiger partial charge in [-0.2, -0.15) is 0 Å². The van der Waals surface area contributed by atoms with E-state index in [9.17, 15) is 4.79 Å². The molecule has 0 bridgehead atoms. The summed E-state index contributed by atoms with van der Waals surface area (Å²) in [6.07, 6.45) is 12.6. The average Bonchev–Trinajstić information content (AvgIpc) is 3.07.